The molecule has 204 valence electrons. The van der Waals surface area contributed by atoms with Crippen molar-refractivity contribution < 1.29 is 22.7 Å². The number of rotatable bonds is 7. The summed E-state index contributed by atoms with van der Waals surface area (Å²) in [7, 11) is 0. The van der Waals surface area contributed by atoms with Crippen molar-refractivity contribution in [3.63, 3.8) is 0 Å². The van der Waals surface area contributed by atoms with Gasteiger partial charge in [-0.05, 0) is 46.5 Å². The minimum absolute atomic E-state index is 0.326. The Morgan fingerprint density at radius 1 is 0.950 bits per heavy atom. The zero-order chi connectivity index (χ0) is 28.0. The number of benzene rings is 3. The molecule has 0 atom stereocenters. The fourth-order valence-electron chi connectivity index (χ4n) is 4.64. The zero-order valence-corrected chi connectivity index (χ0v) is 21.7. The predicted octanol–water partition coefficient (Wildman–Crippen LogP) is 6.71. The second-order valence-corrected chi connectivity index (χ2v) is 9.49. The Hall–Kier alpha value is -4.27. The van der Waals surface area contributed by atoms with E-state index in [9.17, 15) is 18.0 Å². The molecule has 1 saturated heterocycles. The number of nitrogens with one attached hydrogen (secondary N) is 1. The first-order chi connectivity index (χ1) is 19.4. The number of halogens is 3. The van der Waals surface area contributed by atoms with Gasteiger partial charge in [0.25, 0.3) is 0 Å². The van der Waals surface area contributed by atoms with Crippen LogP contribution in [0.3, 0.4) is 0 Å². The number of amides is 1. The summed E-state index contributed by atoms with van der Waals surface area (Å²) < 4.78 is 44.9. The number of anilines is 1. The normalized spacial score (nSPS) is 15.0. The van der Waals surface area contributed by atoms with E-state index in [4.69, 9.17) is 4.74 Å². The highest BCUT2D eigenvalue weighted by molar-refractivity contribution is 6.06. The Morgan fingerprint density at radius 2 is 1.65 bits per heavy atom. The summed E-state index contributed by atoms with van der Waals surface area (Å²) in [5.41, 5.74) is 3.23. The van der Waals surface area contributed by atoms with Gasteiger partial charge in [-0.3, -0.25) is 14.7 Å². The van der Waals surface area contributed by atoms with E-state index < -0.39 is 11.7 Å². The molecule has 0 saturated carbocycles. The molecule has 1 fully saturated rings. The first kappa shape index (κ1) is 27.3. The quantitative estimate of drug-likeness (QED) is 0.208. The molecule has 4 aromatic rings. The van der Waals surface area contributed by atoms with E-state index in [1.807, 2.05) is 48.5 Å². The number of hydrogen-bond acceptors (Lipinski definition) is 4. The lowest BCUT2D eigenvalue weighted by Crippen LogP contribution is -2.35. The van der Waals surface area contributed by atoms with Crippen LogP contribution in [-0.4, -0.2) is 42.1 Å². The van der Waals surface area contributed by atoms with Crippen LogP contribution >= 0.6 is 0 Å². The van der Waals surface area contributed by atoms with Gasteiger partial charge in [-0.1, -0.05) is 60.7 Å². The van der Waals surface area contributed by atoms with E-state index in [0.717, 1.165) is 66.9 Å². The predicted molar refractivity (Wildman–Crippen MR) is 151 cm³/mol. The molecule has 1 aromatic heterocycles. The summed E-state index contributed by atoms with van der Waals surface area (Å²) >= 11 is 0. The SMILES string of the molecule is O=C(/C=C/C=C(\c1ccc(CN2CCOCC2)cc1)c1ccc(C(F)(F)F)cc1)Nc1cccc2cnccc12. The maximum Gasteiger partial charge on any atom is 0.416 e. The second-order valence-electron chi connectivity index (χ2n) is 9.49. The van der Waals surface area contributed by atoms with Gasteiger partial charge < -0.3 is 10.1 Å². The first-order valence-corrected chi connectivity index (χ1v) is 13.0. The minimum Gasteiger partial charge on any atom is -0.379 e. The molecule has 3 aromatic carbocycles. The van der Waals surface area contributed by atoms with Crippen LogP contribution in [0, 0.1) is 0 Å². The Kier molecular flexibility index (Phi) is 8.38. The Balaban J connectivity index is 1.38. The molecular formula is C32H28F3N3O2. The molecule has 0 aliphatic carbocycles. The van der Waals surface area contributed by atoms with Crippen molar-refractivity contribution in [1.82, 2.24) is 9.88 Å². The molecule has 40 heavy (non-hydrogen) atoms. The highest BCUT2D eigenvalue weighted by Gasteiger charge is 2.30. The van der Waals surface area contributed by atoms with Crippen LogP contribution in [0.1, 0.15) is 22.3 Å². The monoisotopic (exact) mass is 543 g/mol. The average molecular weight is 544 g/mol. The molecule has 1 amide bonds. The summed E-state index contributed by atoms with van der Waals surface area (Å²) in [4.78, 5) is 19.1. The summed E-state index contributed by atoms with van der Waals surface area (Å²) in [5, 5.41) is 4.67. The van der Waals surface area contributed by atoms with Crippen LogP contribution in [0.15, 0.2) is 103 Å². The smallest absolute Gasteiger partial charge is 0.379 e. The van der Waals surface area contributed by atoms with Crippen molar-refractivity contribution in [2.45, 2.75) is 12.7 Å². The van der Waals surface area contributed by atoms with Gasteiger partial charge >= 0.3 is 6.18 Å². The van der Waals surface area contributed by atoms with E-state index >= 15 is 0 Å². The van der Waals surface area contributed by atoms with Crippen molar-refractivity contribution >= 4 is 27.9 Å². The third-order valence-corrected chi connectivity index (χ3v) is 6.75. The summed E-state index contributed by atoms with van der Waals surface area (Å²) in [6.45, 7) is 3.99. The van der Waals surface area contributed by atoms with Gasteiger partial charge in [-0.2, -0.15) is 13.2 Å². The van der Waals surface area contributed by atoms with Crippen molar-refractivity contribution in [3.8, 4) is 0 Å². The minimum atomic E-state index is -4.42. The van der Waals surface area contributed by atoms with Crippen LogP contribution in [0.4, 0.5) is 18.9 Å². The topological polar surface area (TPSA) is 54.5 Å². The van der Waals surface area contributed by atoms with Crippen LogP contribution in [0.5, 0.6) is 0 Å². The third-order valence-electron chi connectivity index (χ3n) is 6.75. The number of fused-ring (bicyclic) bond motifs is 1. The lowest BCUT2D eigenvalue weighted by molar-refractivity contribution is -0.137. The molecule has 1 aliphatic heterocycles. The molecule has 0 radical (unpaired) electrons. The number of aromatic nitrogens is 1. The number of alkyl halides is 3. The average Bonchev–Trinajstić information content (AvgIpc) is 2.96. The van der Waals surface area contributed by atoms with Crippen molar-refractivity contribution in [2.24, 2.45) is 0 Å². The van der Waals surface area contributed by atoms with Crippen molar-refractivity contribution in [2.75, 3.05) is 31.6 Å². The Morgan fingerprint density at radius 3 is 2.35 bits per heavy atom. The van der Waals surface area contributed by atoms with Crippen molar-refractivity contribution in [1.29, 1.82) is 0 Å². The number of nitrogens with zero attached hydrogens (tertiary/aromatic N) is 2. The van der Waals surface area contributed by atoms with Crippen LogP contribution < -0.4 is 5.32 Å². The van der Waals surface area contributed by atoms with Crippen molar-refractivity contribution in [3.05, 3.63) is 126 Å². The fraction of sp³-hybridized carbons (Fsp3) is 0.188. The largest absolute Gasteiger partial charge is 0.416 e. The lowest BCUT2D eigenvalue weighted by atomic mass is 9.95. The highest BCUT2D eigenvalue weighted by atomic mass is 19.4. The number of pyridine rings is 1. The molecule has 2 heterocycles. The molecule has 0 bridgehead atoms. The van der Waals surface area contributed by atoms with Crippen LogP contribution in [0.2, 0.25) is 0 Å². The first-order valence-electron chi connectivity index (χ1n) is 13.0. The molecule has 5 rings (SSSR count). The standard InChI is InChI=1S/C32H28F3N3O2/c33-32(34,35)27-13-11-25(12-14-27)28(24-9-7-23(8-10-24)22-38-17-19-40-20-18-38)4-2-6-31(39)37-30-5-1-3-26-21-36-16-15-29(26)30/h1-16,21H,17-20,22H2,(H,37,39)/b6-2+,28-4+. The fourth-order valence-corrected chi connectivity index (χ4v) is 4.64. The van der Waals surface area contributed by atoms with E-state index in [2.05, 4.69) is 15.2 Å². The van der Waals surface area contributed by atoms with Gasteiger partial charge in [0.15, 0.2) is 0 Å². The Labute approximate surface area is 230 Å². The zero-order valence-electron chi connectivity index (χ0n) is 21.7. The number of ether oxygens (including phenoxy) is 1. The van der Waals surface area contributed by atoms with E-state index in [1.54, 1.807) is 24.5 Å². The molecule has 0 unspecified atom stereocenters. The van der Waals surface area contributed by atoms with E-state index in [0.29, 0.717) is 16.8 Å². The molecule has 1 aliphatic rings. The number of carbonyl (C=O) groups is 1. The van der Waals surface area contributed by atoms with E-state index in [1.165, 1.54) is 18.2 Å². The van der Waals surface area contributed by atoms with Gasteiger partial charge in [-0.25, -0.2) is 0 Å². The second kappa shape index (κ2) is 12.3. The summed E-state index contributed by atoms with van der Waals surface area (Å²) in [6.07, 6.45) is 3.73. The third kappa shape index (κ3) is 6.83. The van der Waals surface area contributed by atoms with Crippen LogP contribution in [0.25, 0.3) is 16.3 Å². The number of hydrogen-bond donors (Lipinski definition) is 1. The van der Waals surface area contributed by atoms with Gasteiger partial charge in [0.05, 0.1) is 18.8 Å². The number of allylic oxidation sites excluding steroid dienone is 2. The maximum atomic E-state index is 13.2. The molecule has 5 nitrogen and oxygen atoms in total. The highest BCUT2D eigenvalue weighted by Crippen LogP contribution is 2.32. The van der Waals surface area contributed by atoms with Gasteiger partial charge in [0.1, 0.15) is 0 Å². The number of carbonyl (C=O) groups excluding carboxylic acids is 1. The molecule has 1 N–H and O–H groups in total. The lowest BCUT2D eigenvalue weighted by Gasteiger charge is -2.26. The molecule has 8 heteroatoms. The van der Waals surface area contributed by atoms with Gasteiger partial charge in [0.2, 0.25) is 5.91 Å². The molecular weight excluding hydrogens is 515 g/mol. The van der Waals surface area contributed by atoms with Crippen LogP contribution in [-0.2, 0) is 22.3 Å². The van der Waals surface area contributed by atoms with E-state index in [-0.39, 0.29) is 5.91 Å². The van der Waals surface area contributed by atoms with Gasteiger partial charge in [0, 0.05) is 54.6 Å². The summed E-state index contributed by atoms with van der Waals surface area (Å²) in [6, 6.07) is 20.4. The Bertz CT molecular complexity index is 1520. The summed E-state index contributed by atoms with van der Waals surface area (Å²) in [5.74, 6) is -0.326. The number of morpholine rings is 1. The maximum absolute atomic E-state index is 13.2. The molecule has 0 spiro atoms. The van der Waals surface area contributed by atoms with Gasteiger partial charge in [-0.15, -0.1) is 0 Å².